The molecule has 23 heavy (non-hydrogen) atoms. The number of nitriles is 1. The van der Waals surface area contributed by atoms with Gasteiger partial charge in [-0.2, -0.15) is 5.26 Å². The molecule has 0 bridgehead atoms. The topological polar surface area (TPSA) is 125 Å². The second-order valence-corrected chi connectivity index (χ2v) is 5.75. The number of nitrogens with zero attached hydrogens (tertiary/aromatic N) is 2. The third kappa shape index (κ3) is 4.08. The van der Waals surface area contributed by atoms with Gasteiger partial charge in [-0.25, -0.2) is 4.98 Å². The summed E-state index contributed by atoms with van der Waals surface area (Å²) in [5.41, 5.74) is 5.50. The van der Waals surface area contributed by atoms with Gasteiger partial charge < -0.3 is 20.6 Å². The number of carbonyl (C=O) groups excluding carboxylic acids is 1. The van der Waals surface area contributed by atoms with Crippen molar-refractivity contribution < 1.29 is 14.6 Å². The molecule has 0 atom stereocenters. The lowest BCUT2D eigenvalue weighted by atomic mass is 10.1. The van der Waals surface area contributed by atoms with Crippen LogP contribution in [0.4, 0.5) is 0 Å². The van der Waals surface area contributed by atoms with Crippen LogP contribution in [0.3, 0.4) is 0 Å². The first-order valence-electron chi connectivity index (χ1n) is 7.02. The van der Waals surface area contributed by atoms with Crippen molar-refractivity contribution in [1.29, 1.82) is 5.26 Å². The number of amides is 1. The first-order valence-corrected chi connectivity index (χ1v) is 7.02. The lowest BCUT2D eigenvalue weighted by molar-refractivity contribution is -0.114. The fourth-order valence-electron chi connectivity index (χ4n) is 2.04. The number of fused-ring (bicyclic) bond motifs is 1. The molecule has 0 aliphatic rings. The van der Waals surface area contributed by atoms with Gasteiger partial charge in [-0.05, 0) is 31.9 Å². The highest BCUT2D eigenvalue weighted by Crippen LogP contribution is 2.28. The molecule has 7 heteroatoms. The molecule has 2 aromatic rings. The largest absolute Gasteiger partial charge is 0.490 e. The zero-order valence-corrected chi connectivity index (χ0v) is 13.0. The monoisotopic (exact) mass is 314 g/mol. The maximum atomic E-state index is 11.1. The molecule has 2 aromatic heterocycles. The van der Waals surface area contributed by atoms with Crippen molar-refractivity contribution in [3.63, 3.8) is 0 Å². The summed E-state index contributed by atoms with van der Waals surface area (Å²) in [6.07, 6.45) is 5.14. The van der Waals surface area contributed by atoms with E-state index in [2.05, 4.69) is 9.97 Å². The molecular weight excluding hydrogens is 296 g/mol. The fourth-order valence-corrected chi connectivity index (χ4v) is 2.04. The number of aromatic amines is 1. The molecule has 120 valence electrons. The van der Waals surface area contributed by atoms with Crippen molar-refractivity contribution in [2.24, 2.45) is 5.73 Å². The summed E-state index contributed by atoms with van der Waals surface area (Å²) < 4.78 is 5.68. The SMILES string of the molecule is CC(C)(O)COc1ccnc2[nH]cc(CC=C(C#N)C(N)=O)c12. The summed E-state index contributed by atoms with van der Waals surface area (Å²) in [6.45, 7) is 3.42. The predicted molar refractivity (Wildman–Crippen MR) is 84.5 cm³/mol. The van der Waals surface area contributed by atoms with Crippen LogP contribution >= 0.6 is 0 Å². The van der Waals surface area contributed by atoms with Crippen molar-refractivity contribution in [1.82, 2.24) is 9.97 Å². The summed E-state index contributed by atoms with van der Waals surface area (Å²) in [6, 6.07) is 3.47. The quantitative estimate of drug-likeness (QED) is 0.545. The lowest BCUT2D eigenvalue weighted by Gasteiger charge is -2.18. The van der Waals surface area contributed by atoms with E-state index in [4.69, 9.17) is 15.7 Å². The van der Waals surface area contributed by atoms with E-state index in [1.165, 1.54) is 6.08 Å². The number of hydrogen-bond acceptors (Lipinski definition) is 5. The highest BCUT2D eigenvalue weighted by molar-refractivity contribution is 5.96. The zero-order valence-electron chi connectivity index (χ0n) is 13.0. The molecule has 1 amide bonds. The second-order valence-electron chi connectivity index (χ2n) is 5.75. The van der Waals surface area contributed by atoms with Crippen LogP contribution in [0.25, 0.3) is 11.0 Å². The van der Waals surface area contributed by atoms with Gasteiger partial charge in [-0.3, -0.25) is 4.79 Å². The molecule has 7 nitrogen and oxygen atoms in total. The molecular formula is C16H18N4O3. The van der Waals surface area contributed by atoms with Crippen LogP contribution in [-0.4, -0.2) is 33.2 Å². The molecule has 0 aromatic carbocycles. The van der Waals surface area contributed by atoms with Crippen LogP contribution in [0, 0.1) is 11.3 Å². The molecule has 2 rings (SSSR count). The van der Waals surface area contributed by atoms with Crippen molar-refractivity contribution in [3.8, 4) is 11.8 Å². The van der Waals surface area contributed by atoms with Gasteiger partial charge in [-0.1, -0.05) is 6.08 Å². The first kappa shape index (κ1) is 16.5. The first-order chi connectivity index (χ1) is 10.8. The molecule has 4 N–H and O–H groups in total. The second kappa shape index (κ2) is 6.50. The summed E-state index contributed by atoms with van der Waals surface area (Å²) in [7, 11) is 0. The van der Waals surface area contributed by atoms with Crippen LogP contribution in [0.1, 0.15) is 19.4 Å². The van der Waals surface area contributed by atoms with E-state index in [0.717, 1.165) is 10.9 Å². The number of pyridine rings is 1. The van der Waals surface area contributed by atoms with E-state index in [-0.39, 0.29) is 12.2 Å². The van der Waals surface area contributed by atoms with E-state index in [0.29, 0.717) is 17.8 Å². The number of ether oxygens (including phenoxy) is 1. The Balaban J connectivity index is 2.35. The molecule has 0 spiro atoms. The number of aromatic nitrogens is 2. The Morgan fingerprint density at radius 1 is 1.61 bits per heavy atom. The minimum absolute atomic E-state index is 0.0952. The van der Waals surface area contributed by atoms with E-state index in [1.807, 2.05) is 0 Å². The van der Waals surface area contributed by atoms with Crippen molar-refractivity contribution in [2.45, 2.75) is 25.9 Å². The normalized spacial score (nSPS) is 12.2. The number of rotatable bonds is 6. The molecule has 0 saturated heterocycles. The molecule has 2 heterocycles. The van der Waals surface area contributed by atoms with Crippen molar-refractivity contribution >= 4 is 16.9 Å². The van der Waals surface area contributed by atoms with Gasteiger partial charge >= 0.3 is 0 Å². The van der Waals surface area contributed by atoms with Crippen LogP contribution in [0.2, 0.25) is 0 Å². The summed E-state index contributed by atoms with van der Waals surface area (Å²) >= 11 is 0. The minimum atomic E-state index is -0.966. The highest BCUT2D eigenvalue weighted by atomic mass is 16.5. The highest BCUT2D eigenvalue weighted by Gasteiger charge is 2.16. The number of nitrogens with two attached hydrogens (primary N) is 1. The van der Waals surface area contributed by atoms with E-state index in [9.17, 15) is 9.90 Å². The average molecular weight is 314 g/mol. The van der Waals surface area contributed by atoms with E-state index in [1.54, 1.807) is 38.4 Å². The third-order valence-electron chi connectivity index (χ3n) is 3.11. The summed E-state index contributed by atoms with van der Waals surface area (Å²) in [5, 5.41) is 19.4. The third-order valence-corrected chi connectivity index (χ3v) is 3.11. The van der Waals surface area contributed by atoms with Gasteiger partial charge in [0.05, 0.1) is 11.0 Å². The molecule has 0 saturated carbocycles. The minimum Gasteiger partial charge on any atom is -0.490 e. The van der Waals surface area contributed by atoms with Gasteiger partial charge in [0.2, 0.25) is 0 Å². The fraction of sp³-hybridized carbons (Fsp3) is 0.312. The number of primary amides is 1. The molecule has 0 unspecified atom stereocenters. The van der Waals surface area contributed by atoms with Gasteiger partial charge in [-0.15, -0.1) is 0 Å². The Bertz CT molecular complexity index is 794. The van der Waals surface area contributed by atoms with E-state index >= 15 is 0 Å². The van der Waals surface area contributed by atoms with Crippen molar-refractivity contribution in [2.75, 3.05) is 6.61 Å². The van der Waals surface area contributed by atoms with Crippen LogP contribution in [0.5, 0.6) is 5.75 Å². The number of aliphatic hydroxyl groups is 1. The van der Waals surface area contributed by atoms with Gasteiger partial charge in [0, 0.05) is 12.4 Å². The van der Waals surface area contributed by atoms with Crippen molar-refractivity contribution in [3.05, 3.63) is 35.7 Å². The van der Waals surface area contributed by atoms with E-state index < -0.39 is 11.5 Å². The predicted octanol–water partition coefficient (Wildman–Crippen LogP) is 1.19. The van der Waals surface area contributed by atoms with Gasteiger partial charge in [0.25, 0.3) is 5.91 Å². The standard InChI is InChI=1S/C16H18N4O3/c1-16(2,22)9-23-12-5-6-19-15-13(12)11(8-20-15)4-3-10(7-17)14(18)21/h3,5-6,8,22H,4,9H2,1-2H3,(H2,18,21)(H,19,20). The molecule has 0 radical (unpaired) electrons. The Morgan fingerprint density at radius 2 is 2.35 bits per heavy atom. The smallest absolute Gasteiger partial charge is 0.259 e. The zero-order chi connectivity index (χ0) is 17.0. The summed E-state index contributed by atoms with van der Waals surface area (Å²) in [5.74, 6) is -0.191. The maximum absolute atomic E-state index is 11.1. The average Bonchev–Trinajstić information content (AvgIpc) is 2.88. The molecule has 0 fully saturated rings. The Morgan fingerprint density at radius 3 is 2.96 bits per heavy atom. The van der Waals surface area contributed by atoms with Crippen LogP contribution < -0.4 is 10.5 Å². The van der Waals surface area contributed by atoms with Gasteiger partial charge in [0.1, 0.15) is 29.6 Å². The van der Waals surface area contributed by atoms with Gasteiger partial charge in [0.15, 0.2) is 0 Å². The van der Waals surface area contributed by atoms with Crippen LogP contribution in [-0.2, 0) is 11.2 Å². The maximum Gasteiger partial charge on any atom is 0.259 e. The Kier molecular flexibility index (Phi) is 4.67. The Labute approximate surface area is 133 Å². The number of H-pyrrole nitrogens is 1. The molecule has 0 aliphatic heterocycles. The molecule has 0 aliphatic carbocycles. The number of allylic oxidation sites excluding steroid dienone is 1. The Hall–Kier alpha value is -2.85. The number of nitrogens with one attached hydrogen (secondary N) is 1. The number of carbonyl (C=O) groups is 1. The summed E-state index contributed by atoms with van der Waals surface area (Å²) in [4.78, 5) is 18.3. The lowest BCUT2D eigenvalue weighted by Crippen LogP contribution is -2.27. The van der Waals surface area contributed by atoms with Crippen LogP contribution in [0.15, 0.2) is 30.1 Å². The number of hydrogen-bond donors (Lipinski definition) is 3.